The van der Waals surface area contributed by atoms with Gasteiger partial charge in [-0.3, -0.25) is 4.79 Å². The number of carbonyl (C=O) groups excluding carboxylic acids is 1. The molecule has 1 aliphatic heterocycles. The van der Waals surface area contributed by atoms with E-state index in [1.165, 1.54) is 11.1 Å². The number of nitrogens with zero attached hydrogens (tertiary/aromatic N) is 3. The molecule has 0 saturated carbocycles. The molecule has 1 aromatic heterocycles. The predicted molar refractivity (Wildman–Crippen MR) is 108 cm³/mol. The van der Waals surface area contributed by atoms with Gasteiger partial charge in [-0.1, -0.05) is 30.3 Å². The number of benzene rings is 2. The standard InChI is InChI=1S/C22H22N4O/c1-15-9-10-16(2)19(12-15)25-22-23-13-18(14-24-22)21(27)26-11-5-7-17-6-3-4-8-20(17)26/h3-4,6,8-10,12-14H,5,7,11H2,1-2H3,(H,23,24,25). The Morgan fingerprint density at radius 3 is 2.67 bits per heavy atom. The van der Waals surface area contributed by atoms with Gasteiger partial charge in [0.05, 0.1) is 5.56 Å². The van der Waals surface area contributed by atoms with Crippen molar-refractivity contribution < 1.29 is 4.79 Å². The molecule has 1 aliphatic rings. The van der Waals surface area contributed by atoms with Gasteiger partial charge in [0.25, 0.3) is 5.91 Å². The van der Waals surface area contributed by atoms with Gasteiger partial charge in [0.2, 0.25) is 5.95 Å². The summed E-state index contributed by atoms with van der Waals surface area (Å²) in [6, 6.07) is 14.3. The van der Waals surface area contributed by atoms with Gasteiger partial charge >= 0.3 is 0 Å². The second-order valence-corrected chi connectivity index (χ2v) is 6.93. The van der Waals surface area contributed by atoms with Crippen molar-refractivity contribution in [2.75, 3.05) is 16.8 Å². The largest absolute Gasteiger partial charge is 0.324 e. The Labute approximate surface area is 159 Å². The van der Waals surface area contributed by atoms with Gasteiger partial charge in [0.1, 0.15) is 0 Å². The topological polar surface area (TPSA) is 58.1 Å². The molecule has 0 radical (unpaired) electrons. The van der Waals surface area contributed by atoms with Crippen LogP contribution in [0.1, 0.15) is 33.5 Å². The zero-order valence-corrected chi connectivity index (χ0v) is 15.6. The van der Waals surface area contributed by atoms with E-state index in [1.807, 2.05) is 36.9 Å². The van der Waals surface area contributed by atoms with E-state index in [-0.39, 0.29) is 5.91 Å². The molecule has 3 aromatic rings. The summed E-state index contributed by atoms with van der Waals surface area (Å²) in [5.74, 6) is 0.430. The molecule has 2 aromatic carbocycles. The van der Waals surface area contributed by atoms with Crippen molar-refractivity contribution in [1.82, 2.24) is 9.97 Å². The first-order valence-electron chi connectivity index (χ1n) is 9.18. The van der Waals surface area contributed by atoms with Gasteiger partial charge < -0.3 is 10.2 Å². The molecule has 1 amide bonds. The molecule has 2 heterocycles. The van der Waals surface area contributed by atoms with Gasteiger partial charge in [0.15, 0.2) is 0 Å². The van der Waals surface area contributed by atoms with Crippen molar-refractivity contribution in [2.45, 2.75) is 26.7 Å². The lowest BCUT2D eigenvalue weighted by molar-refractivity contribution is 0.0984. The summed E-state index contributed by atoms with van der Waals surface area (Å²) in [6.45, 7) is 4.80. The molecule has 0 saturated heterocycles. The molecule has 0 atom stereocenters. The molecule has 27 heavy (non-hydrogen) atoms. The summed E-state index contributed by atoms with van der Waals surface area (Å²) in [7, 11) is 0. The molecular weight excluding hydrogens is 336 g/mol. The fourth-order valence-electron chi connectivity index (χ4n) is 3.39. The highest BCUT2D eigenvalue weighted by atomic mass is 16.2. The summed E-state index contributed by atoms with van der Waals surface area (Å²) in [5, 5.41) is 3.23. The fourth-order valence-corrected chi connectivity index (χ4v) is 3.39. The van der Waals surface area contributed by atoms with Crippen LogP contribution in [0.4, 0.5) is 17.3 Å². The van der Waals surface area contributed by atoms with E-state index in [9.17, 15) is 4.79 Å². The van der Waals surface area contributed by atoms with E-state index in [0.717, 1.165) is 36.3 Å². The first kappa shape index (κ1) is 17.2. The lowest BCUT2D eigenvalue weighted by atomic mass is 10.0. The van der Waals surface area contributed by atoms with Crippen LogP contribution in [-0.4, -0.2) is 22.4 Å². The molecule has 0 fully saturated rings. The van der Waals surface area contributed by atoms with Crippen molar-refractivity contribution >= 4 is 23.2 Å². The van der Waals surface area contributed by atoms with Crippen LogP contribution < -0.4 is 10.2 Å². The maximum atomic E-state index is 13.0. The third kappa shape index (κ3) is 3.53. The second kappa shape index (κ2) is 7.19. The van der Waals surface area contributed by atoms with E-state index in [2.05, 4.69) is 39.6 Å². The van der Waals surface area contributed by atoms with Gasteiger partial charge in [0, 0.05) is 30.3 Å². The molecule has 5 heteroatoms. The number of hydrogen-bond donors (Lipinski definition) is 1. The molecule has 0 aliphatic carbocycles. The number of nitrogens with one attached hydrogen (secondary N) is 1. The number of aromatic nitrogens is 2. The first-order chi connectivity index (χ1) is 13.1. The van der Waals surface area contributed by atoms with E-state index in [0.29, 0.717) is 11.5 Å². The Morgan fingerprint density at radius 2 is 1.85 bits per heavy atom. The van der Waals surface area contributed by atoms with Gasteiger partial charge in [-0.25, -0.2) is 9.97 Å². The average molecular weight is 358 g/mol. The zero-order valence-electron chi connectivity index (χ0n) is 15.6. The summed E-state index contributed by atoms with van der Waals surface area (Å²) in [5.41, 5.74) is 5.96. The van der Waals surface area contributed by atoms with Crippen LogP contribution >= 0.6 is 0 Å². The number of amides is 1. The number of rotatable bonds is 3. The maximum Gasteiger partial charge on any atom is 0.261 e. The Morgan fingerprint density at radius 1 is 1.07 bits per heavy atom. The maximum absolute atomic E-state index is 13.0. The first-order valence-corrected chi connectivity index (χ1v) is 9.18. The quantitative estimate of drug-likeness (QED) is 0.752. The summed E-state index contributed by atoms with van der Waals surface area (Å²) in [4.78, 5) is 23.5. The number of fused-ring (bicyclic) bond motifs is 1. The zero-order chi connectivity index (χ0) is 18.8. The Balaban J connectivity index is 1.54. The summed E-state index contributed by atoms with van der Waals surface area (Å²) < 4.78 is 0. The van der Waals surface area contributed by atoms with Crippen molar-refractivity contribution in [2.24, 2.45) is 0 Å². The molecular formula is C22H22N4O. The molecule has 5 nitrogen and oxygen atoms in total. The number of aryl methyl sites for hydroxylation is 3. The monoisotopic (exact) mass is 358 g/mol. The third-order valence-corrected chi connectivity index (χ3v) is 4.89. The van der Waals surface area contributed by atoms with Crippen LogP contribution in [0, 0.1) is 13.8 Å². The van der Waals surface area contributed by atoms with Crippen LogP contribution in [-0.2, 0) is 6.42 Å². The molecule has 136 valence electrons. The van der Waals surface area contributed by atoms with Crippen LogP contribution in [0.2, 0.25) is 0 Å². The predicted octanol–water partition coefficient (Wildman–Crippen LogP) is 4.43. The van der Waals surface area contributed by atoms with Crippen LogP contribution in [0.15, 0.2) is 54.9 Å². The van der Waals surface area contributed by atoms with Crippen molar-refractivity contribution in [3.63, 3.8) is 0 Å². The number of anilines is 3. The van der Waals surface area contributed by atoms with Crippen molar-refractivity contribution in [3.05, 3.63) is 77.1 Å². The van der Waals surface area contributed by atoms with Crippen LogP contribution in [0.3, 0.4) is 0 Å². The normalized spacial score (nSPS) is 13.2. The van der Waals surface area contributed by atoms with E-state index in [4.69, 9.17) is 0 Å². The minimum atomic E-state index is -0.0552. The van der Waals surface area contributed by atoms with Crippen LogP contribution in [0.25, 0.3) is 0 Å². The Bertz CT molecular complexity index is 982. The van der Waals surface area contributed by atoms with E-state index < -0.39 is 0 Å². The minimum absolute atomic E-state index is 0.0552. The molecule has 0 bridgehead atoms. The molecule has 1 N–H and O–H groups in total. The molecule has 4 rings (SSSR count). The second-order valence-electron chi connectivity index (χ2n) is 6.93. The fraction of sp³-hybridized carbons (Fsp3) is 0.227. The highest BCUT2D eigenvalue weighted by Gasteiger charge is 2.23. The highest BCUT2D eigenvalue weighted by molar-refractivity contribution is 6.06. The van der Waals surface area contributed by atoms with E-state index >= 15 is 0 Å². The Kier molecular flexibility index (Phi) is 4.59. The van der Waals surface area contributed by atoms with Crippen molar-refractivity contribution in [3.8, 4) is 0 Å². The summed E-state index contributed by atoms with van der Waals surface area (Å²) in [6.07, 6.45) is 5.17. The third-order valence-electron chi connectivity index (χ3n) is 4.89. The lowest BCUT2D eigenvalue weighted by Crippen LogP contribution is -2.35. The highest BCUT2D eigenvalue weighted by Crippen LogP contribution is 2.28. The minimum Gasteiger partial charge on any atom is -0.324 e. The lowest BCUT2D eigenvalue weighted by Gasteiger charge is -2.29. The van der Waals surface area contributed by atoms with E-state index in [1.54, 1.807) is 12.4 Å². The molecule has 0 unspecified atom stereocenters. The molecule has 0 spiro atoms. The average Bonchev–Trinajstić information content (AvgIpc) is 2.70. The number of hydrogen-bond acceptors (Lipinski definition) is 4. The smallest absolute Gasteiger partial charge is 0.261 e. The van der Waals surface area contributed by atoms with Crippen LogP contribution in [0.5, 0.6) is 0 Å². The van der Waals surface area contributed by atoms with Gasteiger partial charge in [-0.05, 0) is 55.5 Å². The Hall–Kier alpha value is -3.21. The summed E-state index contributed by atoms with van der Waals surface area (Å²) >= 11 is 0. The number of para-hydroxylation sites is 1. The van der Waals surface area contributed by atoms with Gasteiger partial charge in [-0.2, -0.15) is 0 Å². The SMILES string of the molecule is Cc1ccc(C)c(Nc2ncc(C(=O)N3CCCc4ccccc43)cn2)c1. The van der Waals surface area contributed by atoms with Gasteiger partial charge in [-0.15, -0.1) is 0 Å². The van der Waals surface area contributed by atoms with Crippen molar-refractivity contribution in [1.29, 1.82) is 0 Å². The number of carbonyl (C=O) groups is 1.